The molecule has 60 valence electrons. The normalized spacial score (nSPS) is 41.9. The number of rotatable bonds is 0. The fraction of sp³-hybridized carbons (Fsp3) is 0.667. The fourth-order valence-electron chi connectivity index (χ4n) is 1.85. The molecule has 0 aromatic heterocycles. The van der Waals surface area contributed by atoms with Crippen LogP contribution in [0.1, 0.15) is 19.8 Å². The van der Waals surface area contributed by atoms with Gasteiger partial charge in [-0.1, -0.05) is 13.0 Å². The summed E-state index contributed by atoms with van der Waals surface area (Å²) in [5.41, 5.74) is 0. The van der Waals surface area contributed by atoms with Crippen LogP contribution in [0.4, 0.5) is 0 Å². The van der Waals surface area contributed by atoms with E-state index in [0.717, 1.165) is 12.8 Å². The number of carbonyl (C=O) groups is 1. The molecular weight excluding hydrogens is 140 g/mol. The quantitative estimate of drug-likeness (QED) is 0.388. The van der Waals surface area contributed by atoms with E-state index in [-0.39, 0.29) is 18.0 Å². The molecule has 0 saturated carbocycles. The van der Waals surface area contributed by atoms with Crippen molar-refractivity contribution in [3.8, 4) is 0 Å². The molecule has 2 heteroatoms. The second-order valence-electron chi connectivity index (χ2n) is 3.46. The van der Waals surface area contributed by atoms with E-state index in [1.165, 1.54) is 0 Å². The van der Waals surface area contributed by atoms with E-state index in [4.69, 9.17) is 4.74 Å². The van der Waals surface area contributed by atoms with Gasteiger partial charge < -0.3 is 4.74 Å². The van der Waals surface area contributed by atoms with E-state index >= 15 is 0 Å². The van der Waals surface area contributed by atoms with Gasteiger partial charge in [0.05, 0.1) is 5.92 Å². The predicted octanol–water partition coefficient (Wildman–Crippen LogP) is 1.51. The van der Waals surface area contributed by atoms with Crippen molar-refractivity contribution in [2.45, 2.75) is 25.9 Å². The third-order valence-corrected chi connectivity index (χ3v) is 2.54. The van der Waals surface area contributed by atoms with Crippen molar-refractivity contribution < 1.29 is 9.53 Å². The van der Waals surface area contributed by atoms with Crippen LogP contribution in [0.3, 0.4) is 0 Å². The summed E-state index contributed by atoms with van der Waals surface area (Å²) in [6.07, 6.45) is 6.30. The van der Waals surface area contributed by atoms with Gasteiger partial charge in [-0.2, -0.15) is 0 Å². The Balaban J connectivity index is 2.10. The van der Waals surface area contributed by atoms with Crippen LogP contribution in [0, 0.1) is 11.8 Å². The SMILES string of the molecule is CC1CC2CC=CC2OC1=O. The summed E-state index contributed by atoms with van der Waals surface area (Å²) in [5.74, 6) is 0.650. The Morgan fingerprint density at radius 3 is 3.27 bits per heavy atom. The van der Waals surface area contributed by atoms with Gasteiger partial charge in [0, 0.05) is 5.92 Å². The number of esters is 1. The first kappa shape index (κ1) is 6.89. The van der Waals surface area contributed by atoms with Gasteiger partial charge in [-0.25, -0.2) is 0 Å². The molecule has 2 rings (SSSR count). The van der Waals surface area contributed by atoms with Crippen molar-refractivity contribution in [1.82, 2.24) is 0 Å². The second-order valence-corrected chi connectivity index (χ2v) is 3.46. The summed E-state index contributed by atoms with van der Waals surface area (Å²) in [6, 6.07) is 0. The highest BCUT2D eigenvalue weighted by atomic mass is 16.5. The van der Waals surface area contributed by atoms with E-state index < -0.39 is 0 Å². The second kappa shape index (κ2) is 2.36. The third-order valence-electron chi connectivity index (χ3n) is 2.54. The number of hydrogen-bond acceptors (Lipinski definition) is 2. The summed E-state index contributed by atoms with van der Waals surface area (Å²) in [5, 5.41) is 0. The van der Waals surface area contributed by atoms with Gasteiger partial charge in [-0.05, 0) is 18.9 Å². The van der Waals surface area contributed by atoms with Gasteiger partial charge in [-0.15, -0.1) is 0 Å². The van der Waals surface area contributed by atoms with Crippen LogP contribution in [0.5, 0.6) is 0 Å². The van der Waals surface area contributed by atoms with Gasteiger partial charge in [0.1, 0.15) is 6.10 Å². The van der Waals surface area contributed by atoms with Crippen molar-refractivity contribution in [2.75, 3.05) is 0 Å². The lowest BCUT2D eigenvalue weighted by molar-refractivity contribution is -0.160. The molecule has 0 aromatic carbocycles. The van der Waals surface area contributed by atoms with Gasteiger partial charge in [0.15, 0.2) is 0 Å². The van der Waals surface area contributed by atoms with E-state index in [1.807, 2.05) is 13.0 Å². The average molecular weight is 152 g/mol. The van der Waals surface area contributed by atoms with Crippen LogP contribution in [0.25, 0.3) is 0 Å². The number of hydrogen-bond donors (Lipinski definition) is 0. The van der Waals surface area contributed by atoms with E-state index in [0.29, 0.717) is 5.92 Å². The molecule has 1 heterocycles. The molecule has 0 N–H and O–H groups in total. The predicted molar refractivity (Wildman–Crippen MR) is 40.9 cm³/mol. The Hall–Kier alpha value is -0.790. The molecule has 0 amide bonds. The molecule has 2 nitrogen and oxygen atoms in total. The van der Waals surface area contributed by atoms with Crippen LogP contribution in [-0.2, 0) is 9.53 Å². The lowest BCUT2D eigenvalue weighted by Crippen LogP contribution is -2.33. The maximum atomic E-state index is 11.1. The zero-order chi connectivity index (χ0) is 7.84. The van der Waals surface area contributed by atoms with Gasteiger partial charge in [0.2, 0.25) is 0 Å². The molecule has 0 spiro atoms. The van der Waals surface area contributed by atoms with Crippen LogP contribution in [-0.4, -0.2) is 12.1 Å². The van der Waals surface area contributed by atoms with Crippen LogP contribution >= 0.6 is 0 Å². The topological polar surface area (TPSA) is 26.3 Å². The lowest BCUT2D eigenvalue weighted by atomic mass is 9.90. The number of allylic oxidation sites excluding steroid dienone is 1. The molecule has 11 heavy (non-hydrogen) atoms. The van der Waals surface area contributed by atoms with Crippen molar-refractivity contribution in [2.24, 2.45) is 11.8 Å². The lowest BCUT2D eigenvalue weighted by Gasteiger charge is -2.28. The highest BCUT2D eigenvalue weighted by Gasteiger charge is 2.35. The zero-order valence-electron chi connectivity index (χ0n) is 6.62. The van der Waals surface area contributed by atoms with Crippen LogP contribution < -0.4 is 0 Å². The van der Waals surface area contributed by atoms with Crippen molar-refractivity contribution in [3.63, 3.8) is 0 Å². The third kappa shape index (κ3) is 1.06. The summed E-state index contributed by atoms with van der Waals surface area (Å²) in [6.45, 7) is 1.94. The standard InChI is InChI=1S/C9H12O2/c1-6-5-7-3-2-4-8(7)11-9(6)10/h2,4,6-8H,3,5H2,1H3. The summed E-state index contributed by atoms with van der Waals surface area (Å²) < 4.78 is 5.20. The molecular formula is C9H12O2. The molecule has 0 radical (unpaired) electrons. The summed E-state index contributed by atoms with van der Waals surface area (Å²) >= 11 is 0. The Bertz CT molecular complexity index is 208. The highest BCUT2D eigenvalue weighted by molar-refractivity contribution is 5.73. The molecule has 0 bridgehead atoms. The van der Waals surface area contributed by atoms with Crippen molar-refractivity contribution >= 4 is 5.97 Å². The first-order chi connectivity index (χ1) is 5.27. The fourth-order valence-corrected chi connectivity index (χ4v) is 1.85. The van der Waals surface area contributed by atoms with Gasteiger partial charge in [0.25, 0.3) is 0 Å². The van der Waals surface area contributed by atoms with E-state index in [1.54, 1.807) is 0 Å². The summed E-state index contributed by atoms with van der Waals surface area (Å²) in [4.78, 5) is 11.1. The Morgan fingerprint density at radius 1 is 1.64 bits per heavy atom. The molecule has 3 unspecified atom stereocenters. The Kier molecular flexibility index (Phi) is 1.48. The molecule has 1 aliphatic carbocycles. The molecule has 1 saturated heterocycles. The smallest absolute Gasteiger partial charge is 0.309 e. The number of ether oxygens (including phenoxy) is 1. The van der Waals surface area contributed by atoms with Crippen LogP contribution in [0.15, 0.2) is 12.2 Å². The van der Waals surface area contributed by atoms with Crippen molar-refractivity contribution in [3.05, 3.63) is 12.2 Å². The zero-order valence-corrected chi connectivity index (χ0v) is 6.62. The minimum Gasteiger partial charge on any atom is -0.458 e. The van der Waals surface area contributed by atoms with Gasteiger partial charge in [-0.3, -0.25) is 4.79 Å². The Morgan fingerprint density at radius 2 is 2.45 bits per heavy atom. The van der Waals surface area contributed by atoms with Gasteiger partial charge >= 0.3 is 5.97 Å². The molecule has 1 fully saturated rings. The van der Waals surface area contributed by atoms with E-state index in [2.05, 4.69) is 6.08 Å². The highest BCUT2D eigenvalue weighted by Crippen LogP contribution is 2.33. The first-order valence-corrected chi connectivity index (χ1v) is 4.14. The number of fused-ring (bicyclic) bond motifs is 1. The minimum atomic E-state index is -0.0298. The van der Waals surface area contributed by atoms with Crippen LogP contribution in [0.2, 0.25) is 0 Å². The van der Waals surface area contributed by atoms with E-state index in [9.17, 15) is 4.79 Å². The average Bonchev–Trinajstić information content (AvgIpc) is 2.36. The maximum Gasteiger partial charge on any atom is 0.309 e. The molecule has 0 aromatic rings. The maximum absolute atomic E-state index is 11.1. The molecule has 3 atom stereocenters. The molecule has 1 aliphatic heterocycles. The Labute approximate surface area is 66.2 Å². The van der Waals surface area contributed by atoms with Crippen molar-refractivity contribution in [1.29, 1.82) is 0 Å². The minimum absolute atomic E-state index is 0.0298. The largest absolute Gasteiger partial charge is 0.458 e. The summed E-state index contributed by atoms with van der Waals surface area (Å²) in [7, 11) is 0. The monoisotopic (exact) mass is 152 g/mol. The number of carbonyl (C=O) groups excluding carboxylic acids is 1. The molecule has 2 aliphatic rings. The first-order valence-electron chi connectivity index (χ1n) is 4.14.